The van der Waals surface area contributed by atoms with Gasteiger partial charge in [-0.2, -0.15) is 13.2 Å². The van der Waals surface area contributed by atoms with Gasteiger partial charge in [0.05, 0.1) is 23.0 Å². The Hall–Kier alpha value is -2.70. The van der Waals surface area contributed by atoms with E-state index in [4.69, 9.17) is 0 Å². The monoisotopic (exact) mass is 415 g/mol. The Morgan fingerprint density at radius 2 is 1.90 bits per heavy atom. The first-order valence-electron chi connectivity index (χ1n) is 10.5. The van der Waals surface area contributed by atoms with Crippen molar-refractivity contribution in [1.82, 2.24) is 5.32 Å². The van der Waals surface area contributed by atoms with Gasteiger partial charge < -0.3 is 10.2 Å². The van der Waals surface area contributed by atoms with Crippen molar-refractivity contribution in [2.24, 2.45) is 0 Å². The van der Waals surface area contributed by atoms with Gasteiger partial charge in [0.25, 0.3) is 0 Å². The molecule has 1 N–H and O–H groups in total. The van der Waals surface area contributed by atoms with Gasteiger partial charge in [-0.25, -0.2) is 4.79 Å². The zero-order valence-corrected chi connectivity index (χ0v) is 16.8. The van der Waals surface area contributed by atoms with Crippen LogP contribution in [0.25, 0.3) is 11.1 Å². The molecule has 1 aliphatic carbocycles. The molecule has 2 aromatic rings. The number of hydrogen-bond donors (Lipinski definition) is 1. The smallest absolute Gasteiger partial charge is 0.368 e. The lowest BCUT2D eigenvalue weighted by molar-refractivity contribution is -0.137. The number of anilines is 2. The van der Waals surface area contributed by atoms with Crippen LogP contribution in [0, 0.1) is 6.92 Å². The highest BCUT2D eigenvalue weighted by molar-refractivity contribution is 5.99. The number of fused-ring (bicyclic) bond motifs is 4. The lowest BCUT2D eigenvalue weighted by Crippen LogP contribution is -2.57. The van der Waals surface area contributed by atoms with Crippen LogP contribution < -0.4 is 15.1 Å². The summed E-state index contributed by atoms with van der Waals surface area (Å²) in [5.74, 6) is 0. The molecule has 2 heterocycles. The molecule has 2 aliphatic heterocycles. The van der Waals surface area contributed by atoms with Gasteiger partial charge in [0.2, 0.25) is 0 Å². The maximum absolute atomic E-state index is 13.2. The van der Waals surface area contributed by atoms with Crippen LogP contribution in [0.2, 0.25) is 0 Å². The first-order chi connectivity index (χ1) is 14.3. The number of alkyl halides is 3. The molecule has 2 fully saturated rings. The van der Waals surface area contributed by atoms with Crippen LogP contribution >= 0.6 is 0 Å². The van der Waals surface area contributed by atoms with Gasteiger partial charge >= 0.3 is 12.2 Å². The SMILES string of the molecule is Cc1cc2c(cc1-c1cccc(C(F)(F)F)c1)N(C(=O)NC1CC1)[C@H]1CCCN2C1. The van der Waals surface area contributed by atoms with Gasteiger partial charge in [0, 0.05) is 19.1 Å². The van der Waals surface area contributed by atoms with E-state index in [-0.39, 0.29) is 18.1 Å². The molecule has 1 saturated carbocycles. The molecule has 0 radical (unpaired) electrons. The van der Waals surface area contributed by atoms with Gasteiger partial charge in [-0.3, -0.25) is 4.90 Å². The summed E-state index contributed by atoms with van der Waals surface area (Å²) in [6, 6.07) is 9.56. The minimum Gasteiger partial charge on any atom is -0.368 e. The fourth-order valence-corrected chi connectivity index (χ4v) is 4.63. The molecule has 30 heavy (non-hydrogen) atoms. The molecule has 2 bridgehead atoms. The molecule has 2 amide bonds. The van der Waals surface area contributed by atoms with E-state index in [9.17, 15) is 18.0 Å². The summed E-state index contributed by atoms with van der Waals surface area (Å²) in [4.78, 5) is 17.2. The van der Waals surface area contributed by atoms with Crippen LogP contribution in [0.15, 0.2) is 36.4 Å². The topological polar surface area (TPSA) is 35.6 Å². The molecule has 158 valence electrons. The third-order valence-electron chi connectivity index (χ3n) is 6.31. The van der Waals surface area contributed by atoms with Crippen LogP contribution in [-0.2, 0) is 6.18 Å². The lowest BCUT2D eigenvalue weighted by Gasteiger charge is -2.47. The molecule has 3 aliphatic rings. The van der Waals surface area contributed by atoms with E-state index in [0.29, 0.717) is 5.56 Å². The number of amides is 2. The Kier molecular flexibility index (Phi) is 4.45. The number of carbonyl (C=O) groups is 1. The number of hydrogen-bond acceptors (Lipinski definition) is 2. The fraction of sp³-hybridized carbons (Fsp3) is 0.435. The second-order valence-corrected chi connectivity index (χ2v) is 8.57. The summed E-state index contributed by atoms with van der Waals surface area (Å²) in [6.07, 6.45) is -0.428. The zero-order chi connectivity index (χ0) is 21.0. The summed E-state index contributed by atoms with van der Waals surface area (Å²) < 4.78 is 39.7. The molecule has 1 atom stereocenters. The van der Waals surface area contributed by atoms with E-state index < -0.39 is 11.7 Å². The van der Waals surface area contributed by atoms with Crippen molar-refractivity contribution in [1.29, 1.82) is 0 Å². The van der Waals surface area contributed by atoms with E-state index in [1.165, 1.54) is 12.1 Å². The van der Waals surface area contributed by atoms with E-state index >= 15 is 0 Å². The molecular formula is C23H24F3N3O. The number of nitrogens with zero attached hydrogens (tertiary/aromatic N) is 2. The first kappa shape index (κ1) is 19.3. The molecule has 5 rings (SSSR count). The second kappa shape index (κ2) is 6.93. The second-order valence-electron chi connectivity index (χ2n) is 8.57. The van der Waals surface area contributed by atoms with Crippen LogP contribution in [-0.4, -0.2) is 31.2 Å². The Bertz CT molecular complexity index is 1000. The van der Waals surface area contributed by atoms with Crippen LogP contribution in [0.1, 0.15) is 36.8 Å². The van der Waals surface area contributed by atoms with Gasteiger partial charge in [0.1, 0.15) is 0 Å². The molecule has 0 aromatic heterocycles. The predicted molar refractivity (Wildman–Crippen MR) is 111 cm³/mol. The summed E-state index contributed by atoms with van der Waals surface area (Å²) in [7, 11) is 0. The molecule has 2 aromatic carbocycles. The number of carbonyl (C=O) groups excluding carboxylic acids is 1. The van der Waals surface area contributed by atoms with Crippen molar-refractivity contribution in [2.45, 2.75) is 50.9 Å². The maximum atomic E-state index is 13.2. The number of aryl methyl sites for hydroxylation is 1. The summed E-state index contributed by atoms with van der Waals surface area (Å²) in [5.41, 5.74) is 3.26. The largest absolute Gasteiger partial charge is 0.416 e. The molecule has 0 unspecified atom stereocenters. The Balaban J connectivity index is 1.61. The predicted octanol–water partition coefficient (Wildman–Crippen LogP) is 5.34. The Morgan fingerprint density at radius 3 is 2.63 bits per heavy atom. The summed E-state index contributed by atoms with van der Waals surface area (Å²) >= 11 is 0. The number of piperidine rings is 1. The third-order valence-corrected chi connectivity index (χ3v) is 6.31. The van der Waals surface area contributed by atoms with E-state index in [0.717, 1.165) is 67.3 Å². The van der Waals surface area contributed by atoms with Crippen LogP contribution in [0.5, 0.6) is 0 Å². The van der Waals surface area contributed by atoms with E-state index in [1.807, 2.05) is 24.0 Å². The van der Waals surface area contributed by atoms with Crippen molar-refractivity contribution in [3.8, 4) is 11.1 Å². The quantitative estimate of drug-likeness (QED) is 0.719. The highest BCUT2D eigenvalue weighted by atomic mass is 19.4. The highest BCUT2D eigenvalue weighted by Crippen LogP contribution is 2.44. The van der Waals surface area contributed by atoms with Crippen molar-refractivity contribution in [3.63, 3.8) is 0 Å². The number of halogens is 3. The fourth-order valence-electron chi connectivity index (χ4n) is 4.63. The van der Waals surface area contributed by atoms with Crippen molar-refractivity contribution in [2.75, 3.05) is 22.9 Å². The zero-order valence-electron chi connectivity index (χ0n) is 16.8. The average Bonchev–Trinajstić information content (AvgIpc) is 3.52. The summed E-state index contributed by atoms with van der Waals surface area (Å²) in [6.45, 7) is 3.65. The van der Waals surface area contributed by atoms with Gasteiger partial charge in [-0.1, -0.05) is 12.1 Å². The molecule has 0 spiro atoms. The standard InChI is InChI=1S/C23H24F3N3O/c1-14-10-20-21(12-19(14)15-4-2-5-16(11-15)23(24,25)26)29(22(30)27-17-7-8-17)18-6-3-9-28(20)13-18/h2,4-5,10-12,17-18H,3,6-9,13H2,1H3,(H,27,30)/t18-/m0/s1. The number of rotatable bonds is 2. The Labute approximate surface area is 173 Å². The van der Waals surface area contributed by atoms with Gasteiger partial charge in [-0.15, -0.1) is 0 Å². The molecule has 7 heteroatoms. The Morgan fingerprint density at radius 1 is 1.10 bits per heavy atom. The minimum atomic E-state index is -4.39. The first-order valence-corrected chi connectivity index (χ1v) is 10.5. The van der Waals surface area contributed by atoms with E-state index in [1.54, 1.807) is 6.07 Å². The number of urea groups is 1. The maximum Gasteiger partial charge on any atom is 0.416 e. The van der Waals surface area contributed by atoms with Gasteiger partial charge in [-0.05, 0) is 73.6 Å². The number of nitrogens with one attached hydrogen (secondary N) is 1. The number of benzene rings is 2. The van der Waals surface area contributed by atoms with Gasteiger partial charge in [0.15, 0.2) is 0 Å². The lowest BCUT2D eigenvalue weighted by atomic mass is 9.92. The molecule has 1 saturated heterocycles. The third kappa shape index (κ3) is 3.40. The molecule has 4 nitrogen and oxygen atoms in total. The minimum absolute atomic E-state index is 0.0852. The van der Waals surface area contributed by atoms with Crippen molar-refractivity contribution >= 4 is 17.4 Å². The van der Waals surface area contributed by atoms with Crippen molar-refractivity contribution < 1.29 is 18.0 Å². The molecular weight excluding hydrogens is 391 g/mol. The van der Waals surface area contributed by atoms with E-state index in [2.05, 4.69) is 10.2 Å². The summed E-state index contributed by atoms with van der Waals surface area (Å²) in [5, 5.41) is 3.09. The van der Waals surface area contributed by atoms with Crippen LogP contribution in [0.3, 0.4) is 0 Å². The van der Waals surface area contributed by atoms with Crippen LogP contribution in [0.4, 0.5) is 29.3 Å². The van der Waals surface area contributed by atoms with Crippen molar-refractivity contribution in [3.05, 3.63) is 47.5 Å². The normalized spacial score (nSPS) is 20.7. The average molecular weight is 415 g/mol. The highest BCUT2D eigenvalue weighted by Gasteiger charge is 2.39.